The molecule has 2 aromatic carbocycles. The highest BCUT2D eigenvalue weighted by atomic mass is 32.2. The molecule has 0 atom stereocenters. The summed E-state index contributed by atoms with van der Waals surface area (Å²) in [7, 11) is -3.30. The van der Waals surface area contributed by atoms with Crippen molar-refractivity contribution >= 4 is 15.7 Å². The van der Waals surface area contributed by atoms with E-state index in [1.54, 1.807) is 0 Å². The van der Waals surface area contributed by atoms with Crippen molar-refractivity contribution in [2.24, 2.45) is 0 Å². The van der Waals surface area contributed by atoms with Crippen LogP contribution in [0.1, 0.15) is 16.7 Å². The summed E-state index contributed by atoms with van der Waals surface area (Å²) in [4.78, 5) is 0. The van der Waals surface area contributed by atoms with E-state index in [0.29, 0.717) is 18.8 Å². The number of nitrogen functional groups attached to an aromatic ring is 1. The zero-order chi connectivity index (χ0) is 14.2. The first-order valence-electron chi connectivity index (χ1n) is 6.44. The minimum absolute atomic E-state index is 0.0390. The van der Waals surface area contributed by atoms with Crippen molar-refractivity contribution in [1.82, 2.24) is 4.31 Å². The number of fused-ring (bicyclic) bond motifs is 1. The Morgan fingerprint density at radius 3 is 2.45 bits per heavy atom. The van der Waals surface area contributed by atoms with Crippen LogP contribution in [-0.2, 0) is 28.9 Å². The molecule has 0 bridgehead atoms. The lowest BCUT2D eigenvalue weighted by molar-refractivity contribution is 0.431. The smallest absolute Gasteiger partial charge is 0.218 e. The van der Waals surface area contributed by atoms with Gasteiger partial charge in [-0.1, -0.05) is 36.4 Å². The highest BCUT2D eigenvalue weighted by Gasteiger charge is 2.29. The van der Waals surface area contributed by atoms with Gasteiger partial charge in [0.1, 0.15) is 0 Å². The van der Waals surface area contributed by atoms with Gasteiger partial charge in [-0.2, -0.15) is 4.31 Å². The van der Waals surface area contributed by atoms with E-state index in [0.717, 1.165) is 16.7 Å². The number of rotatable bonds is 3. The van der Waals surface area contributed by atoms with Gasteiger partial charge in [0.2, 0.25) is 10.0 Å². The monoisotopic (exact) mass is 288 g/mol. The molecule has 2 aromatic rings. The molecule has 2 N–H and O–H groups in total. The second-order valence-electron chi connectivity index (χ2n) is 5.04. The Balaban J connectivity index is 1.81. The molecule has 0 amide bonds. The average Bonchev–Trinajstić information content (AvgIpc) is 2.83. The van der Waals surface area contributed by atoms with Crippen molar-refractivity contribution in [3.63, 3.8) is 0 Å². The number of anilines is 1. The highest BCUT2D eigenvalue weighted by Crippen LogP contribution is 2.28. The molecular formula is C15H16N2O2S. The molecule has 0 radical (unpaired) electrons. The van der Waals surface area contributed by atoms with Crippen LogP contribution in [0.4, 0.5) is 5.69 Å². The highest BCUT2D eigenvalue weighted by molar-refractivity contribution is 7.88. The number of benzene rings is 2. The fourth-order valence-electron chi connectivity index (χ4n) is 2.46. The zero-order valence-electron chi connectivity index (χ0n) is 11.0. The van der Waals surface area contributed by atoms with E-state index < -0.39 is 10.0 Å². The van der Waals surface area contributed by atoms with Crippen LogP contribution in [0.25, 0.3) is 0 Å². The first-order chi connectivity index (χ1) is 9.54. The molecule has 104 valence electrons. The number of nitrogens with two attached hydrogens (primary N) is 1. The predicted octanol–water partition coefficient (Wildman–Crippen LogP) is 2.11. The molecule has 4 nitrogen and oxygen atoms in total. The largest absolute Gasteiger partial charge is 0.399 e. The zero-order valence-corrected chi connectivity index (χ0v) is 11.8. The third-order valence-electron chi connectivity index (χ3n) is 3.51. The maximum Gasteiger partial charge on any atom is 0.218 e. The van der Waals surface area contributed by atoms with Crippen molar-refractivity contribution in [2.45, 2.75) is 18.8 Å². The molecule has 0 aromatic heterocycles. The molecular weight excluding hydrogens is 272 g/mol. The fraction of sp³-hybridized carbons (Fsp3) is 0.200. The number of nitrogens with zero attached hydrogens (tertiary/aromatic N) is 1. The molecule has 1 heterocycles. The summed E-state index contributed by atoms with van der Waals surface area (Å²) < 4.78 is 26.4. The van der Waals surface area contributed by atoms with E-state index in [2.05, 4.69) is 0 Å². The molecule has 0 saturated heterocycles. The Hall–Kier alpha value is -1.85. The van der Waals surface area contributed by atoms with Gasteiger partial charge in [0.15, 0.2) is 0 Å². The van der Waals surface area contributed by atoms with Gasteiger partial charge < -0.3 is 5.73 Å². The SMILES string of the molecule is Nc1ccc2c(c1)CN(S(=O)(=O)Cc1ccccc1)C2. The molecule has 0 saturated carbocycles. The number of sulfonamides is 1. The summed E-state index contributed by atoms with van der Waals surface area (Å²) in [6.07, 6.45) is 0. The van der Waals surface area contributed by atoms with Gasteiger partial charge in [-0.05, 0) is 28.8 Å². The van der Waals surface area contributed by atoms with E-state index in [1.165, 1.54) is 4.31 Å². The van der Waals surface area contributed by atoms with E-state index in [9.17, 15) is 8.42 Å². The summed E-state index contributed by atoms with van der Waals surface area (Å²) in [6.45, 7) is 0.848. The number of hydrogen-bond donors (Lipinski definition) is 1. The van der Waals surface area contributed by atoms with Crippen LogP contribution in [0.5, 0.6) is 0 Å². The van der Waals surface area contributed by atoms with Crippen LogP contribution < -0.4 is 5.73 Å². The maximum atomic E-state index is 12.5. The van der Waals surface area contributed by atoms with Gasteiger partial charge >= 0.3 is 0 Å². The molecule has 0 unspecified atom stereocenters. The van der Waals surface area contributed by atoms with Gasteiger partial charge in [-0.15, -0.1) is 0 Å². The van der Waals surface area contributed by atoms with E-state index in [1.807, 2.05) is 48.5 Å². The maximum absolute atomic E-state index is 12.5. The normalized spacial score (nSPS) is 15.2. The van der Waals surface area contributed by atoms with Gasteiger partial charge in [-0.25, -0.2) is 8.42 Å². The minimum Gasteiger partial charge on any atom is -0.399 e. The van der Waals surface area contributed by atoms with Gasteiger partial charge in [0, 0.05) is 18.8 Å². The molecule has 0 fully saturated rings. The first kappa shape index (κ1) is 13.1. The summed E-state index contributed by atoms with van der Waals surface area (Å²) >= 11 is 0. The van der Waals surface area contributed by atoms with Crippen LogP contribution in [0.2, 0.25) is 0 Å². The lowest BCUT2D eigenvalue weighted by atomic mass is 10.1. The molecule has 1 aliphatic heterocycles. The Labute approximate surface area is 118 Å². The van der Waals surface area contributed by atoms with Crippen molar-refractivity contribution < 1.29 is 8.42 Å². The van der Waals surface area contributed by atoms with Crippen LogP contribution >= 0.6 is 0 Å². The lowest BCUT2D eigenvalue weighted by Gasteiger charge is -2.15. The molecule has 5 heteroatoms. The van der Waals surface area contributed by atoms with E-state index >= 15 is 0 Å². The van der Waals surface area contributed by atoms with Crippen LogP contribution in [0.15, 0.2) is 48.5 Å². The molecule has 1 aliphatic rings. The van der Waals surface area contributed by atoms with Crippen molar-refractivity contribution in [1.29, 1.82) is 0 Å². The minimum atomic E-state index is -3.30. The predicted molar refractivity (Wildman–Crippen MR) is 79.2 cm³/mol. The molecule has 3 rings (SSSR count). The van der Waals surface area contributed by atoms with Gasteiger partial charge in [-0.3, -0.25) is 0 Å². The molecule has 0 aliphatic carbocycles. The van der Waals surface area contributed by atoms with E-state index in [-0.39, 0.29) is 5.75 Å². The third kappa shape index (κ3) is 2.55. The molecule has 20 heavy (non-hydrogen) atoms. The number of hydrogen-bond acceptors (Lipinski definition) is 3. The Kier molecular flexibility index (Phi) is 3.23. The second-order valence-corrected chi connectivity index (χ2v) is 7.01. The average molecular weight is 288 g/mol. The summed E-state index contributed by atoms with van der Waals surface area (Å²) in [5.74, 6) is 0.0390. The van der Waals surface area contributed by atoms with Crippen LogP contribution in [0, 0.1) is 0 Å². The Bertz CT molecular complexity index is 727. The Morgan fingerprint density at radius 2 is 1.70 bits per heavy atom. The lowest BCUT2D eigenvalue weighted by Crippen LogP contribution is -2.26. The summed E-state index contributed by atoms with van der Waals surface area (Å²) in [6, 6.07) is 14.8. The fourth-order valence-corrected chi connectivity index (χ4v) is 3.92. The molecule has 0 spiro atoms. The van der Waals surface area contributed by atoms with Gasteiger partial charge in [0.05, 0.1) is 5.75 Å². The summed E-state index contributed by atoms with van der Waals surface area (Å²) in [5.41, 5.74) is 9.26. The summed E-state index contributed by atoms with van der Waals surface area (Å²) in [5, 5.41) is 0. The third-order valence-corrected chi connectivity index (χ3v) is 5.25. The topological polar surface area (TPSA) is 63.4 Å². The van der Waals surface area contributed by atoms with Crippen LogP contribution in [0.3, 0.4) is 0 Å². The first-order valence-corrected chi connectivity index (χ1v) is 8.04. The second kappa shape index (κ2) is 4.92. The van der Waals surface area contributed by atoms with Crippen molar-refractivity contribution in [3.05, 3.63) is 65.2 Å². The van der Waals surface area contributed by atoms with Crippen molar-refractivity contribution in [2.75, 3.05) is 5.73 Å². The quantitative estimate of drug-likeness (QED) is 0.880. The van der Waals surface area contributed by atoms with Gasteiger partial charge in [0.25, 0.3) is 0 Å². The standard InChI is InChI=1S/C15H16N2O2S/c16-15-7-6-13-9-17(10-14(13)8-15)20(18,19)11-12-4-2-1-3-5-12/h1-8H,9-11,16H2. The van der Waals surface area contributed by atoms with Crippen LogP contribution in [-0.4, -0.2) is 12.7 Å². The van der Waals surface area contributed by atoms with Crippen molar-refractivity contribution in [3.8, 4) is 0 Å². The Morgan fingerprint density at radius 1 is 1.00 bits per heavy atom. The van der Waals surface area contributed by atoms with E-state index in [4.69, 9.17) is 5.73 Å².